The van der Waals surface area contributed by atoms with E-state index in [2.05, 4.69) is 10.2 Å². The first kappa shape index (κ1) is 21.8. The Balaban J connectivity index is 1.44. The maximum Gasteiger partial charge on any atom is 0.244 e. The van der Waals surface area contributed by atoms with Crippen molar-refractivity contribution in [1.82, 2.24) is 14.5 Å². The summed E-state index contributed by atoms with van der Waals surface area (Å²) in [6.45, 7) is 4.62. The highest BCUT2D eigenvalue weighted by Gasteiger charge is 2.33. The summed E-state index contributed by atoms with van der Waals surface area (Å²) in [5.41, 5.74) is 0.154. The van der Waals surface area contributed by atoms with Crippen LogP contribution in [0.4, 0.5) is 0 Å². The second kappa shape index (κ2) is 10.2. The molecule has 0 aromatic heterocycles. The number of benzene rings is 1. The number of hydrogen-bond donors (Lipinski definition) is 1. The van der Waals surface area contributed by atoms with Gasteiger partial charge < -0.3 is 10.2 Å². The molecule has 0 atom stereocenters. The van der Waals surface area contributed by atoms with Gasteiger partial charge >= 0.3 is 0 Å². The van der Waals surface area contributed by atoms with Crippen molar-refractivity contribution >= 4 is 15.9 Å². The van der Waals surface area contributed by atoms with Gasteiger partial charge in [0.15, 0.2) is 0 Å². The third-order valence-electron chi connectivity index (χ3n) is 5.85. The van der Waals surface area contributed by atoms with Crippen molar-refractivity contribution in [3.05, 3.63) is 29.8 Å². The van der Waals surface area contributed by atoms with E-state index in [0.717, 1.165) is 26.1 Å². The van der Waals surface area contributed by atoms with Crippen molar-refractivity contribution in [2.75, 3.05) is 39.3 Å². The molecule has 1 N–H and O–H groups in total. The van der Waals surface area contributed by atoms with E-state index in [9.17, 15) is 18.5 Å². The number of carbonyl (C=O) groups excluding carboxylic acids is 1. The third kappa shape index (κ3) is 5.56. The van der Waals surface area contributed by atoms with E-state index in [-0.39, 0.29) is 22.3 Å². The lowest BCUT2D eigenvalue weighted by Crippen LogP contribution is -2.43. The fraction of sp³-hybridized carbons (Fsp3) is 0.619. The zero-order chi connectivity index (χ0) is 20.7. The molecule has 29 heavy (non-hydrogen) atoms. The fourth-order valence-electron chi connectivity index (χ4n) is 4.12. The van der Waals surface area contributed by atoms with E-state index in [4.69, 9.17) is 0 Å². The number of carbonyl (C=O) groups is 1. The van der Waals surface area contributed by atoms with Crippen LogP contribution in [0.15, 0.2) is 29.2 Å². The first-order valence-electron chi connectivity index (χ1n) is 10.5. The number of rotatable bonds is 7. The highest BCUT2D eigenvalue weighted by atomic mass is 32.2. The molecule has 2 heterocycles. The van der Waals surface area contributed by atoms with Gasteiger partial charge in [0, 0.05) is 25.6 Å². The summed E-state index contributed by atoms with van der Waals surface area (Å²) in [6, 6.07) is 8.20. The van der Waals surface area contributed by atoms with Crippen LogP contribution in [0, 0.1) is 17.2 Å². The third-order valence-corrected chi connectivity index (χ3v) is 7.81. The Morgan fingerprint density at radius 2 is 1.79 bits per heavy atom. The van der Waals surface area contributed by atoms with Crippen LogP contribution in [0.25, 0.3) is 0 Å². The topological polar surface area (TPSA) is 93.5 Å². The minimum Gasteiger partial charge on any atom is -0.356 e. The van der Waals surface area contributed by atoms with Gasteiger partial charge in [-0.3, -0.25) is 4.79 Å². The summed E-state index contributed by atoms with van der Waals surface area (Å²) in [5.74, 6) is -0.124. The number of hydrogen-bond acceptors (Lipinski definition) is 5. The van der Waals surface area contributed by atoms with Gasteiger partial charge in [0.2, 0.25) is 15.9 Å². The normalized spacial score (nSPS) is 19.6. The minimum absolute atomic E-state index is 0.0260. The Kier molecular flexibility index (Phi) is 7.64. The Bertz CT molecular complexity index is 836. The van der Waals surface area contributed by atoms with Gasteiger partial charge in [0.25, 0.3) is 0 Å². The number of nitrogens with one attached hydrogen (secondary N) is 1. The molecule has 1 amide bonds. The molecule has 8 heteroatoms. The molecule has 0 aliphatic carbocycles. The fourth-order valence-corrected chi connectivity index (χ4v) is 5.73. The highest BCUT2D eigenvalue weighted by Crippen LogP contribution is 2.25. The molecule has 1 aromatic rings. The van der Waals surface area contributed by atoms with Crippen LogP contribution in [0.5, 0.6) is 0 Å². The van der Waals surface area contributed by atoms with Gasteiger partial charge in [-0.2, -0.15) is 9.57 Å². The summed E-state index contributed by atoms with van der Waals surface area (Å²) in [6.07, 6.45) is 5.82. The summed E-state index contributed by atoms with van der Waals surface area (Å²) in [4.78, 5) is 14.9. The molecule has 7 nitrogen and oxygen atoms in total. The van der Waals surface area contributed by atoms with Crippen molar-refractivity contribution in [2.45, 2.75) is 43.4 Å². The van der Waals surface area contributed by atoms with Crippen molar-refractivity contribution < 1.29 is 13.2 Å². The van der Waals surface area contributed by atoms with Crippen LogP contribution < -0.4 is 5.32 Å². The molecule has 2 aliphatic heterocycles. The van der Waals surface area contributed by atoms with Crippen LogP contribution in [-0.4, -0.2) is 62.8 Å². The Morgan fingerprint density at radius 1 is 1.10 bits per heavy atom. The molecule has 2 saturated heterocycles. The number of piperidine rings is 2. The average molecular weight is 419 g/mol. The van der Waals surface area contributed by atoms with Crippen LogP contribution in [0.3, 0.4) is 0 Å². The second-order valence-electron chi connectivity index (χ2n) is 7.83. The standard InChI is InChI=1S/C21H30N4O3S/c22-17-19-7-2-3-8-20(19)29(27,28)25-15-9-18(10-16-25)21(26)23-11-6-14-24-12-4-1-5-13-24/h2-3,7-8,18H,1,4-6,9-16H2,(H,23,26). The SMILES string of the molecule is N#Cc1ccccc1S(=O)(=O)N1CCC(C(=O)NCCCN2CCCCC2)CC1. The van der Waals surface area contributed by atoms with Gasteiger partial charge in [-0.05, 0) is 63.9 Å². The van der Waals surface area contributed by atoms with E-state index in [1.165, 1.54) is 35.7 Å². The van der Waals surface area contributed by atoms with Crippen molar-refractivity contribution in [3.8, 4) is 6.07 Å². The maximum absolute atomic E-state index is 12.9. The zero-order valence-corrected chi connectivity index (χ0v) is 17.7. The van der Waals surface area contributed by atoms with E-state index in [1.54, 1.807) is 12.1 Å². The van der Waals surface area contributed by atoms with Crippen molar-refractivity contribution in [3.63, 3.8) is 0 Å². The molecular formula is C21H30N4O3S. The average Bonchev–Trinajstić information content (AvgIpc) is 2.77. The molecule has 0 unspecified atom stereocenters. The molecule has 0 saturated carbocycles. The quantitative estimate of drug-likeness (QED) is 0.683. The predicted octanol–water partition coefficient (Wildman–Crippen LogP) is 1.95. The van der Waals surface area contributed by atoms with Gasteiger partial charge in [-0.25, -0.2) is 8.42 Å². The molecule has 2 fully saturated rings. The molecule has 2 aliphatic rings. The molecule has 0 spiro atoms. The lowest BCUT2D eigenvalue weighted by molar-refractivity contribution is -0.126. The number of sulfonamides is 1. The predicted molar refractivity (Wildman–Crippen MR) is 111 cm³/mol. The van der Waals surface area contributed by atoms with E-state index in [0.29, 0.717) is 32.5 Å². The van der Waals surface area contributed by atoms with Crippen LogP contribution >= 0.6 is 0 Å². The van der Waals surface area contributed by atoms with Gasteiger partial charge in [0.1, 0.15) is 6.07 Å². The van der Waals surface area contributed by atoms with Crippen LogP contribution in [0.1, 0.15) is 44.1 Å². The number of amides is 1. The molecular weight excluding hydrogens is 388 g/mol. The molecule has 1 aromatic carbocycles. The maximum atomic E-state index is 12.9. The Morgan fingerprint density at radius 3 is 2.48 bits per heavy atom. The number of likely N-dealkylation sites (tertiary alicyclic amines) is 1. The Labute approximate surface area is 173 Å². The number of nitrogens with zero attached hydrogens (tertiary/aromatic N) is 3. The molecule has 0 bridgehead atoms. The van der Waals surface area contributed by atoms with Gasteiger partial charge in [0.05, 0.1) is 10.5 Å². The lowest BCUT2D eigenvalue weighted by Gasteiger charge is -2.31. The van der Waals surface area contributed by atoms with E-state index in [1.807, 2.05) is 6.07 Å². The molecule has 3 rings (SSSR count). The smallest absolute Gasteiger partial charge is 0.244 e. The second-order valence-corrected chi connectivity index (χ2v) is 9.74. The summed E-state index contributed by atoms with van der Waals surface area (Å²) in [5, 5.41) is 12.2. The molecule has 158 valence electrons. The van der Waals surface area contributed by atoms with Crippen molar-refractivity contribution in [1.29, 1.82) is 5.26 Å². The lowest BCUT2D eigenvalue weighted by atomic mass is 9.97. The summed E-state index contributed by atoms with van der Waals surface area (Å²) < 4.78 is 27.1. The monoisotopic (exact) mass is 418 g/mol. The summed E-state index contributed by atoms with van der Waals surface area (Å²) in [7, 11) is -3.71. The number of nitriles is 1. The van der Waals surface area contributed by atoms with Gasteiger partial charge in [-0.1, -0.05) is 18.6 Å². The Hall–Kier alpha value is -1.95. The largest absolute Gasteiger partial charge is 0.356 e. The van der Waals surface area contributed by atoms with E-state index >= 15 is 0 Å². The highest BCUT2D eigenvalue weighted by molar-refractivity contribution is 7.89. The van der Waals surface area contributed by atoms with Gasteiger partial charge in [-0.15, -0.1) is 0 Å². The molecule has 0 radical (unpaired) electrons. The minimum atomic E-state index is -3.71. The zero-order valence-electron chi connectivity index (χ0n) is 16.8. The summed E-state index contributed by atoms with van der Waals surface area (Å²) >= 11 is 0. The van der Waals surface area contributed by atoms with E-state index < -0.39 is 10.0 Å². The first-order valence-corrected chi connectivity index (χ1v) is 12.0. The first-order chi connectivity index (χ1) is 14.0. The van der Waals surface area contributed by atoms with Crippen LogP contribution in [-0.2, 0) is 14.8 Å². The van der Waals surface area contributed by atoms with Crippen LogP contribution in [0.2, 0.25) is 0 Å². The van der Waals surface area contributed by atoms with Crippen molar-refractivity contribution in [2.24, 2.45) is 5.92 Å².